The van der Waals surface area contributed by atoms with E-state index >= 15 is 0 Å². The molecule has 0 spiro atoms. The second kappa shape index (κ2) is 5.32. The average Bonchev–Trinajstić information content (AvgIpc) is 2.32. The minimum atomic E-state index is -0.406. The summed E-state index contributed by atoms with van der Waals surface area (Å²) >= 11 is 0. The van der Waals surface area contributed by atoms with Crippen molar-refractivity contribution in [1.29, 1.82) is 0 Å². The highest BCUT2D eigenvalue weighted by molar-refractivity contribution is 5.78. The van der Waals surface area contributed by atoms with Gasteiger partial charge in [-0.2, -0.15) is 0 Å². The number of nitrogens with zero attached hydrogens (tertiary/aromatic N) is 1. The van der Waals surface area contributed by atoms with Gasteiger partial charge in [0.15, 0.2) is 0 Å². The Morgan fingerprint density at radius 1 is 1.57 bits per heavy atom. The second-order valence-electron chi connectivity index (χ2n) is 4.18. The number of hydrogen-bond donors (Lipinski definition) is 2. The number of amides is 1. The van der Waals surface area contributed by atoms with Crippen LogP contribution in [0, 0.1) is 5.92 Å². The van der Waals surface area contributed by atoms with Crippen LogP contribution in [-0.4, -0.2) is 48.2 Å². The molecule has 0 aliphatic carbocycles. The topological polar surface area (TPSA) is 52.6 Å². The van der Waals surface area contributed by atoms with Crippen LogP contribution in [0.4, 0.5) is 0 Å². The number of hydrogen-bond acceptors (Lipinski definition) is 3. The van der Waals surface area contributed by atoms with Crippen molar-refractivity contribution >= 4 is 5.91 Å². The minimum absolute atomic E-state index is 0.0993. The second-order valence-corrected chi connectivity index (χ2v) is 4.18. The lowest BCUT2D eigenvalue weighted by molar-refractivity contribution is -0.131. The molecule has 0 radical (unpaired) electrons. The maximum absolute atomic E-state index is 11.5. The van der Waals surface area contributed by atoms with Crippen molar-refractivity contribution in [2.24, 2.45) is 5.92 Å². The van der Waals surface area contributed by atoms with Crippen LogP contribution < -0.4 is 5.32 Å². The SMILES string of the molecule is CC(C)C(O)CN1CCCNCC1=O. The Labute approximate surface area is 85.3 Å². The lowest BCUT2D eigenvalue weighted by Gasteiger charge is -2.25. The molecule has 14 heavy (non-hydrogen) atoms. The van der Waals surface area contributed by atoms with Crippen LogP contribution >= 0.6 is 0 Å². The average molecular weight is 200 g/mol. The Kier molecular flexibility index (Phi) is 4.35. The number of aliphatic hydroxyl groups excluding tert-OH is 1. The normalized spacial score (nSPS) is 21.1. The van der Waals surface area contributed by atoms with Gasteiger partial charge in [0.2, 0.25) is 5.91 Å². The molecule has 1 heterocycles. The van der Waals surface area contributed by atoms with Gasteiger partial charge in [-0.15, -0.1) is 0 Å². The van der Waals surface area contributed by atoms with Crippen LogP contribution in [0.3, 0.4) is 0 Å². The molecule has 1 unspecified atom stereocenters. The Morgan fingerprint density at radius 3 is 2.93 bits per heavy atom. The highest BCUT2D eigenvalue weighted by atomic mass is 16.3. The molecule has 0 bridgehead atoms. The first-order chi connectivity index (χ1) is 6.61. The zero-order valence-electron chi connectivity index (χ0n) is 8.99. The molecular formula is C10H20N2O2. The maximum atomic E-state index is 11.5. The van der Waals surface area contributed by atoms with Gasteiger partial charge in [-0.1, -0.05) is 13.8 Å². The third-order valence-electron chi connectivity index (χ3n) is 2.59. The van der Waals surface area contributed by atoms with Crippen molar-refractivity contribution in [3.63, 3.8) is 0 Å². The van der Waals surface area contributed by atoms with Crippen LogP contribution in [0.2, 0.25) is 0 Å². The number of rotatable bonds is 3. The van der Waals surface area contributed by atoms with Gasteiger partial charge in [0.1, 0.15) is 0 Å². The first kappa shape index (κ1) is 11.5. The molecule has 82 valence electrons. The van der Waals surface area contributed by atoms with Gasteiger partial charge in [0.05, 0.1) is 12.6 Å². The summed E-state index contributed by atoms with van der Waals surface area (Å²) < 4.78 is 0. The summed E-state index contributed by atoms with van der Waals surface area (Å²) in [5.41, 5.74) is 0. The van der Waals surface area contributed by atoms with Crippen molar-refractivity contribution in [3.8, 4) is 0 Å². The third-order valence-corrected chi connectivity index (χ3v) is 2.59. The van der Waals surface area contributed by atoms with E-state index in [2.05, 4.69) is 5.32 Å². The zero-order valence-corrected chi connectivity index (χ0v) is 8.99. The molecule has 4 nitrogen and oxygen atoms in total. The Balaban J connectivity index is 2.44. The molecule has 1 fully saturated rings. The molecule has 2 N–H and O–H groups in total. The van der Waals surface area contributed by atoms with Gasteiger partial charge >= 0.3 is 0 Å². The van der Waals surface area contributed by atoms with E-state index in [-0.39, 0.29) is 11.8 Å². The van der Waals surface area contributed by atoms with Gasteiger partial charge < -0.3 is 15.3 Å². The monoisotopic (exact) mass is 200 g/mol. The fourth-order valence-electron chi connectivity index (χ4n) is 1.46. The summed E-state index contributed by atoms with van der Waals surface area (Å²) in [6.45, 7) is 6.45. The number of β-amino-alcohol motifs (C(OH)–C–C–N with tert-alkyl or cyclic N) is 1. The first-order valence-electron chi connectivity index (χ1n) is 5.28. The van der Waals surface area contributed by atoms with E-state index < -0.39 is 6.10 Å². The van der Waals surface area contributed by atoms with Crippen LogP contribution in [0.15, 0.2) is 0 Å². The van der Waals surface area contributed by atoms with E-state index in [1.165, 1.54) is 0 Å². The van der Waals surface area contributed by atoms with Crippen molar-refractivity contribution in [3.05, 3.63) is 0 Å². The van der Waals surface area contributed by atoms with Gasteiger partial charge in [-0.25, -0.2) is 0 Å². The molecule has 0 aromatic carbocycles. The fraction of sp³-hybridized carbons (Fsp3) is 0.900. The summed E-state index contributed by atoms with van der Waals surface area (Å²) in [6.07, 6.45) is 0.563. The van der Waals surface area contributed by atoms with Crippen molar-refractivity contribution in [2.75, 3.05) is 26.2 Å². The van der Waals surface area contributed by atoms with Gasteiger partial charge in [0.25, 0.3) is 0 Å². The number of carbonyl (C=O) groups is 1. The number of carbonyl (C=O) groups excluding carboxylic acids is 1. The molecule has 0 aromatic heterocycles. The molecule has 0 saturated carbocycles. The smallest absolute Gasteiger partial charge is 0.236 e. The predicted octanol–water partition coefficient (Wildman–Crippen LogP) is -0.175. The summed E-state index contributed by atoms with van der Waals surface area (Å²) in [4.78, 5) is 13.3. The molecule has 1 rings (SSSR count). The van der Waals surface area contributed by atoms with Gasteiger partial charge in [0, 0.05) is 13.1 Å². The molecule has 1 aliphatic rings. The fourth-order valence-corrected chi connectivity index (χ4v) is 1.46. The van der Waals surface area contributed by atoms with E-state index in [1.807, 2.05) is 13.8 Å². The minimum Gasteiger partial charge on any atom is -0.391 e. The largest absolute Gasteiger partial charge is 0.391 e. The summed E-state index contributed by atoms with van der Waals surface area (Å²) in [5, 5.41) is 12.7. The van der Waals surface area contributed by atoms with Gasteiger partial charge in [-0.3, -0.25) is 4.79 Å². The molecule has 1 aliphatic heterocycles. The Hall–Kier alpha value is -0.610. The lowest BCUT2D eigenvalue weighted by Crippen LogP contribution is -2.41. The molecule has 4 heteroatoms. The van der Waals surface area contributed by atoms with Crippen molar-refractivity contribution in [2.45, 2.75) is 26.4 Å². The van der Waals surface area contributed by atoms with E-state index in [4.69, 9.17) is 0 Å². The summed E-state index contributed by atoms with van der Waals surface area (Å²) in [7, 11) is 0. The van der Waals surface area contributed by atoms with E-state index in [1.54, 1.807) is 4.90 Å². The van der Waals surface area contributed by atoms with Gasteiger partial charge in [-0.05, 0) is 18.9 Å². The highest BCUT2D eigenvalue weighted by Gasteiger charge is 2.20. The lowest BCUT2D eigenvalue weighted by atomic mass is 10.1. The summed E-state index contributed by atoms with van der Waals surface area (Å²) in [5.74, 6) is 0.307. The van der Waals surface area contributed by atoms with Crippen LogP contribution in [0.5, 0.6) is 0 Å². The predicted molar refractivity (Wildman–Crippen MR) is 54.9 cm³/mol. The molecule has 1 saturated heterocycles. The third kappa shape index (κ3) is 3.27. The van der Waals surface area contributed by atoms with Crippen molar-refractivity contribution in [1.82, 2.24) is 10.2 Å². The highest BCUT2D eigenvalue weighted by Crippen LogP contribution is 2.05. The zero-order chi connectivity index (χ0) is 10.6. The summed E-state index contributed by atoms with van der Waals surface area (Å²) in [6, 6.07) is 0. The van der Waals surface area contributed by atoms with Crippen LogP contribution in [-0.2, 0) is 4.79 Å². The molecule has 1 atom stereocenters. The van der Waals surface area contributed by atoms with Crippen molar-refractivity contribution < 1.29 is 9.90 Å². The number of aliphatic hydroxyl groups is 1. The van der Waals surface area contributed by atoms with E-state index in [0.29, 0.717) is 13.1 Å². The Bertz CT molecular complexity index is 195. The van der Waals surface area contributed by atoms with Crippen LogP contribution in [0.25, 0.3) is 0 Å². The maximum Gasteiger partial charge on any atom is 0.236 e. The first-order valence-corrected chi connectivity index (χ1v) is 5.28. The standard InChI is InChI=1S/C10H20N2O2/c1-8(2)9(13)7-12-5-3-4-11-6-10(12)14/h8-9,11,13H,3-7H2,1-2H3. The molecular weight excluding hydrogens is 180 g/mol. The Morgan fingerprint density at radius 2 is 2.29 bits per heavy atom. The van der Waals surface area contributed by atoms with E-state index in [0.717, 1.165) is 19.5 Å². The van der Waals surface area contributed by atoms with E-state index in [9.17, 15) is 9.90 Å². The molecule has 1 amide bonds. The molecule has 0 aromatic rings. The quantitative estimate of drug-likeness (QED) is 0.665. The number of nitrogens with one attached hydrogen (secondary N) is 1. The van der Waals surface area contributed by atoms with Crippen LogP contribution in [0.1, 0.15) is 20.3 Å².